The highest BCUT2D eigenvalue weighted by atomic mass is 32.2. The van der Waals surface area contributed by atoms with Gasteiger partial charge in [0.1, 0.15) is 0 Å². The highest BCUT2D eigenvalue weighted by molar-refractivity contribution is 7.89. The van der Waals surface area contributed by atoms with E-state index in [1.165, 1.54) is 10.7 Å². The lowest BCUT2D eigenvalue weighted by molar-refractivity contribution is -0.127. The van der Waals surface area contributed by atoms with E-state index in [9.17, 15) is 18.0 Å². The molecular weight excluding hydrogens is 402 g/mol. The molecule has 0 radical (unpaired) electrons. The van der Waals surface area contributed by atoms with Gasteiger partial charge in [-0.1, -0.05) is 37.5 Å². The highest BCUT2D eigenvalue weighted by Gasteiger charge is 2.27. The standard InChI is InChI=1S/C22H33N3O4S/c26-21-14-17-25(30(28,29)20-11-5-2-6-12-20)16-7-8-18(13-15-23-21)22(27)24-19-9-3-1-4-10-19/h2,5-6,11-12,18-19H,1,3-4,7-10,13-17H2,(H,23,26)(H,24,27). The Labute approximate surface area is 179 Å². The molecule has 0 spiro atoms. The molecule has 1 saturated carbocycles. The van der Waals surface area contributed by atoms with Crippen molar-refractivity contribution < 1.29 is 18.0 Å². The smallest absolute Gasteiger partial charge is 0.243 e. The average Bonchev–Trinajstić information content (AvgIpc) is 2.79. The molecule has 1 atom stereocenters. The molecule has 166 valence electrons. The molecule has 7 nitrogen and oxygen atoms in total. The van der Waals surface area contributed by atoms with Crippen molar-refractivity contribution in [3.8, 4) is 0 Å². The van der Waals surface area contributed by atoms with Gasteiger partial charge in [-0.25, -0.2) is 8.42 Å². The van der Waals surface area contributed by atoms with Crippen LogP contribution in [-0.4, -0.2) is 50.2 Å². The Bertz CT molecular complexity index is 807. The zero-order chi connectivity index (χ0) is 21.4. The van der Waals surface area contributed by atoms with Crippen LogP contribution >= 0.6 is 0 Å². The average molecular weight is 436 g/mol. The summed E-state index contributed by atoms with van der Waals surface area (Å²) in [6.45, 7) is 0.882. The predicted octanol–water partition coefficient (Wildman–Crippen LogP) is 2.43. The van der Waals surface area contributed by atoms with Crippen molar-refractivity contribution in [3.05, 3.63) is 30.3 Å². The monoisotopic (exact) mass is 435 g/mol. The van der Waals surface area contributed by atoms with Gasteiger partial charge >= 0.3 is 0 Å². The molecule has 1 unspecified atom stereocenters. The summed E-state index contributed by atoms with van der Waals surface area (Å²) in [5.41, 5.74) is 0. The third-order valence-corrected chi connectivity index (χ3v) is 7.98. The van der Waals surface area contributed by atoms with Crippen molar-refractivity contribution in [1.82, 2.24) is 14.9 Å². The summed E-state index contributed by atoms with van der Waals surface area (Å²) < 4.78 is 27.5. The Morgan fingerprint density at radius 1 is 0.967 bits per heavy atom. The number of rotatable bonds is 4. The SMILES string of the molecule is O=C1CCN(S(=O)(=O)c2ccccc2)CCCC(C(=O)NC2CCCCC2)CCN1. The molecule has 0 aromatic heterocycles. The van der Waals surface area contributed by atoms with Crippen molar-refractivity contribution in [2.75, 3.05) is 19.6 Å². The van der Waals surface area contributed by atoms with Gasteiger partial charge in [0.15, 0.2) is 0 Å². The van der Waals surface area contributed by atoms with Crippen molar-refractivity contribution >= 4 is 21.8 Å². The number of benzene rings is 1. The van der Waals surface area contributed by atoms with E-state index < -0.39 is 10.0 Å². The number of carbonyl (C=O) groups excluding carboxylic acids is 2. The topological polar surface area (TPSA) is 95.6 Å². The first kappa shape index (κ1) is 22.7. The van der Waals surface area contributed by atoms with E-state index in [4.69, 9.17) is 0 Å². The van der Waals surface area contributed by atoms with Gasteiger partial charge in [-0.15, -0.1) is 0 Å². The maximum atomic E-state index is 13.0. The largest absolute Gasteiger partial charge is 0.356 e. The molecule has 2 fully saturated rings. The van der Waals surface area contributed by atoms with Crippen LogP contribution in [-0.2, 0) is 19.6 Å². The molecule has 1 aromatic rings. The highest BCUT2D eigenvalue weighted by Crippen LogP contribution is 2.21. The van der Waals surface area contributed by atoms with Crippen LogP contribution in [0.2, 0.25) is 0 Å². The maximum Gasteiger partial charge on any atom is 0.243 e. The van der Waals surface area contributed by atoms with Crippen molar-refractivity contribution in [1.29, 1.82) is 0 Å². The molecule has 1 saturated heterocycles. The second-order valence-corrected chi connectivity index (χ2v) is 10.2. The Kier molecular flexibility index (Phi) is 8.27. The molecule has 2 amide bonds. The molecule has 1 aromatic carbocycles. The number of nitrogens with zero attached hydrogens (tertiary/aromatic N) is 1. The zero-order valence-electron chi connectivity index (χ0n) is 17.5. The Morgan fingerprint density at radius 3 is 2.43 bits per heavy atom. The van der Waals surface area contributed by atoms with Crippen LogP contribution in [0.1, 0.15) is 57.8 Å². The van der Waals surface area contributed by atoms with Gasteiger partial charge in [0.25, 0.3) is 0 Å². The lowest BCUT2D eigenvalue weighted by Crippen LogP contribution is -2.41. The van der Waals surface area contributed by atoms with E-state index >= 15 is 0 Å². The van der Waals surface area contributed by atoms with E-state index in [1.54, 1.807) is 30.3 Å². The first-order chi connectivity index (χ1) is 14.5. The third-order valence-electron chi connectivity index (χ3n) is 6.07. The van der Waals surface area contributed by atoms with Gasteiger partial charge in [0.2, 0.25) is 21.8 Å². The molecule has 0 bridgehead atoms. The molecule has 3 rings (SSSR count). The number of sulfonamides is 1. The van der Waals surface area contributed by atoms with E-state index in [2.05, 4.69) is 10.6 Å². The number of carbonyl (C=O) groups is 2. The molecular formula is C22H33N3O4S. The van der Waals surface area contributed by atoms with Crippen molar-refractivity contribution in [3.63, 3.8) is 0 Å². The van der Waals surface area contributed by atoms with Gasteiger partial charge in [-0.3, -0.25) is 9.59 Å². The van der Waals surface area contributed by atoms with Crippen LogP contribution in [0.4, 0.5) is 0 Å². The summed E-state index contributed by atoms with van der Waals surface area (Å²) >= 11 is 0. The molecule has 1 aliphatic carbocycles. The van der Waals surface area contributed by atoms with Gasteiger partial charge in [0, 0.05) is 38.0 Å². The van der Waals surface area contributed by atoms with E-state index in [0.29, 0.717) is 32.4 Å². The summed E-state index contributed by atoms with van der Waals surface area (Å²) in [7, 11) is -3.67. The molecule has 30 heavy (non-hydrogen) atoms. The van der Waals surface area contributed by atoms with Crippen molar-refractivity contribution in [2.24, 2.45) is 5.92 Å². The molecule has 2 N–H and O–H groups in total. The second kappa shape index (κ2) is 10.9. The van der Waals surface area contributed by atoms with E-state index in [1.807, 2.05) is 0 Å². The Hall–Kier alpha value is -1.93. The van der Waals surface area contributed by atoms with Crippen molar-refractivity contribution in [2.45, 2.75) is 68.7 Å². The second-order valence-electron chi connectivity index (χ2n) is 8.29. The zero-order valence-corrected chi connectivity index (χ0v) is 18.3. The normalized spacial score (nSPS) is 23.2. The van der Waals surface area contributed by atoms with Crippen LogP contribution in [0.5, 0.6) is 0 Å². The quantitative estimate of drug-likeness (QED) is 0.759. The van der Waals surface area contributed by atoms with E-state index in [0.717, 1.165) is 25.7 Å². The minimum absolute atomic E-state index is 0.0351. The van der Waals surface area contributed by atoms with Crippen LogP contribution in [0.25, 0.3) is 0 Å². The van der Waals surface area contributed by atoms with Crippen LogP contribution in [0.15, 0.2) is 35.2 Å². The number of hydrogen-bond donors (Lipinski definition) is 2. The van der Waals surface area contributed by atoms with Crippen LogP contribution in [0.3, 0.4) is 0 Å². The number of hydrogen-bond acceptors (Lipinski definition) is 4. The summed E-state index contributed by atoms with van der Waals surface area (Å²) in [6.07, 6.45) is 7.47. The Morgan fingerprint density at radius 2 is 1.70 bits per heavy atom. The third kappa shape index (κ3) is 6.28. The maximum absolute atomic E-state index is 13.0. The lowest BCUT2D eigenvalue weighted by atomic mass is 9.93. The summed E-state index contributed by atoms with van der Waals surface area (Å²) in [5, 5.41) is 6.02. The van der Waals surface area contributed by atoms with Crippen LogP contribution in [0, 0.1) is 5.92 Å². The predicted molar refractivity (Wildman–Crippen MR) is 115 cm³/mol. The van der Waals surface area contributed by atoms with Gasteiger partial charge < -0.3 is 10.6 Å². The fourth-order valence-corrected chi connectivity index (χ4v) is 5.78. The van der Waals surface area contributed by atoms with Gasteiger partial charge in [0.05, 0.1) is 4.90 Å². The number of nitrogens with one attached hydrogen (secondary N) is 2. The Balaban J connectivity index is 1.67. The first-order valence-electron chi connectivity index (χ1n) is 11.1. The molecule has 1 aliphatic heterocycles. The van der Waals surface area contributed by atoms with Crippen LogP contribution < -0.4 is 10.6 Å². The summed E-state index contributed by atoms with van der Waals surface area (Å²) in [4.78, 5) is 25.3. The fourth-order valence-electron chi connectivity index (χ4n) is 4.28. The minimum atomic E-state index is -3.67. The summed E-state index contributed by atoms with van der Waals surface area (Å²) in [5.74, 6) is -0.365. The first-order valence-corrected chi connectivity index (χ1v) is 12.5. The number of amides is 2. The fraction of sp³-hybridized carbons (Fsp3) is 0.636. The van der Waals surface area contributed by atoms with Gasteiger partial charge in [-0.2, -0.15) is 4.31 Å². The molecule has 8 heteroatoms. The summed E-state index contributed by atoms with van der Waals surface area (Å²) in [6, 6.07) is 8.54. The van der Waals surface area contributed by atoms with Gasteiger partial charge in [-0.05, 0) is 44.2 Å². The molecule has 1 heterocycles. The lowest BCUT2D eigenvalue weighted by Gasteiger charge is -2.26. The van der Waals surface area contributed by atoms with E-state index in [-0.39, 0.29) is 41.6 Å². The molecule has 2 aliphatic rings. The minimum Gasteiger partial charge on any atom is -0.356 e.